The van der Waals surface area contributed by atoms with E-state index in [2.05, 4.69) is 0 Å². The molecule has 2 aromatic carbocycles. The molecule has 180 valence electrons. The minimum absolute atomic E-state index is 0.0686. The number of aromatic hydroxyl groups is 4. The van der Waals surface area contributed by atoms with Gasteiger partial charge in [0.05, 0.1) is 12.7 Å². The average Bonchev–Trinajstić information content (AvgIpc) is 2.78. The Kier molecular flexibility index (Phi) is 6.14. The number of benzene rings is 2. The van der Waals surface area contributed by atoms with E-state index in [0.29, 0.717) is 0 Å². The van der Waals surface area contributed by atoms with Crippen LogP contribution in [-0.4, -0.2) is 89.4 Å². The minimum atomic E-state index is -1.77. The summed E-state index contributed by atoms with van der Waals surface area (Å²) in [4.78, 5) is 0. The summed E-state index contributed by atoms with van der Waals surface area (Å²) >= 11 is 0. The van der Waals surface area contributed by atoms with Crippen molar-refractivity contribution in [2.45, 2.75) is 49.3 Å². The third-order valence-electron chi connectivity index (χ3n) is 5.71. The molecule has 0 spiro atoms. The molecule has 0 aromatic heterocycles. The van der Waals surface area contributed by atoms with Crippen molar-refractivity contribution >= 4 is 0 Å². The fourth-order valence-corrected chi connectivity index (χ4v) is 3.90. The minimum Gasteiger partial charge on any atom is -0.507 e. The van der Waals surface area contributed by atoms with Crippen molar-refractivity contribution in [1.82, 2.24) is 0 Å². The summed E-state index contributed by atoms with van der Waals surface area (Å²) in [7, 11) is 0. The third kappa shape index (κ3) is 4.08. The molecular weight excluding hydrogens is 444 g/mol. The molecule has 4 rings (SSSR count). The number of phenolic OH excluding ortho intramolecular Hbond substituents is 4. The molecule has 0 amide bonds. The average molecular weight is 468 g/mol. The highest BCUT2D eigenvalue weighted by molar-refractivity contribution is 5.62. The second kappa shape index (κ2) is 8.74. The smallest absolute Gasteiger partial charge is 0.229 e. The molecule has 33 heavy (non-hydrogen) atoms. The van der Waals surface area contributed by atoms with Crippen molar-refractivity contribution in [2.75, 3.05) is 6.61 Å². The first kappa shape index (κ1) is 23.2. The van der Waals surface area contributed by atoms with Crippen molar-refractivity contribution in [1.29, 1.82) is 0 Å². The maximum atomic E-state index is 10.6. The van der Waals surface area contributed by atoms with Gasteiger partial charge in [0.2, 0.25) is 12.0 Å². The van der Waals surface area contributed by atoms with Crippen LogP contribution in [0.2, 0.25) is 0 Å². The third-order valence-corrected chi connectivity index (χ3v) is 5.71. The van der Waals surface area contributed by atoms with Crippen molar-refractivity contribution < 1.29 is 60.2 Å². The molecule has 12 nitrogen and oxygen atoms in total. The molecule has 2 aromatic rings. The molecule has 2 heterocycles. The summed E-state index contributed by atoms with van der Waals surface area (Å²) < 4.78 is 16.7. The van der Waals surface area contributed by atoms with Gasteiger partial charge in [-0.05, 0) is 17.7 Å². The number of ether oxygens (including phenoxy) is 3. The van der Waals surface area contributed by atoms with Crippen LogP contribution in [0.15, 0.2) is 24.3 Å². The number of rotatable bonds is 4. The lowest BCUT2D eigenvalue weighted by Crippen LogP contribution is -2.60. The zero-order valence-corrected chi connectivity index (χ0v) is 17.0. The van der Waals surface area contributed by atoms with Gasteiger partial charge >= 0.3 is 0 Å². The molecule has 2 unspecified atom stereocenters. The summed E-state index contributed by atoms with van der Waals surface area (Å²) in [5, 5.41) is 90.1. The lowest BCUT2D eigenvalue weighted by Gasteiger charge is -2.40. The van der Waals surface area contributed by atoms with Crippen molar-refractivity contribution in [3.05, 3.63) is 35.4 Å². The molecule has 9 N–H and O–H groups in total. The van der Waals surface area contributed by atoms with Gasteiger partial charge in [0.25, 0.3) is 0 Å². The summed E-state index contributed by atoms with van der Waals surface area (Å²) in [6, 6.07) is 4.70. The van der Waals surface area contributed by atoms with E-state index in [-0.39, 0.29) is 29.0 Å². The molecule has 0 saturated carbocycles. The van der Waals surface area contributed by atoms with Crippen molar-refractivity contribution in [3.63, 3.8) is 0 Å². The lowest BCUT2D eigenvalue weighted by molar-refractivity contribution is -0.278. The Hall–Kier alpha value is -3.00. The molecule has 1 saturated heterocycles. The predicted octanol–water partition coefficient (Wildman–Crippen LogP) is -1.28. The maximum Gasteiger partial charge on any atom is 0.229 e. The second-order valence-electron chi connectivity index (χ2n) is 7.92. The number of fused-ring (bicyclic) bond motifs is 1. The van der Waals surface area contributed by atoms with Crippen LogP contribution in [-0.2, 0) is 11.2 Å². The van der Waals surface area contributed by atoms with Gasteiger partial charge in [0.1, 0.15) is 30.2 Å². The summed E-state index contributed by atoms with van der Waals surface area (Å²) in [6.45, 7) is -0.695. The van der Waals surface area contributed by atoms with Gasteiger partial charge in [-0.15, -0.1) is 0 Å². The van der Waals surface area contributed by atoms with E-state index < -0.39 is 72.5 Å². The van der Waals surface area contributed by atoms with E-state index in [1.807, 2.05) is 0 Å². The van der Waals surface area contributed by atoms with Gasteiger partial charge in [-0.25, -0.2) is 0 Å². The molecule has 0 radical (unpaired) electrons. The topological polar surface area (TPSA) is 210 Å². The fourth-order valence-electron chi connectivity index (χ4n) is 3.90. The number of hydrogen-bond acceptors (Lipinski definition) is 12. The molecule has 2 aliphatic rings. The first-order chi connectivity index (χ1) is 15.6. The molecule has 12 heteroatoms. The molecule has 7 atom stereocenters. The van der Waals surface area contributed by atoms with Gasteiger partial charge in [0.15, 0.2) is 29.1 Å². The zero-order chi connectivity index (χ0) is 24.0. The monoisotopic (exact) mass is 468 g/mol. The highest BCUT2D eigenvalue weighted by atomic mass is 16.7. The highest BCUT2D eigenvalue weighted by Crippen LogP contribution is 2.51. The van der Waals surface area contributed by atoms with E-state index in [0.717, 1.165) is 6.07 Å². The highest BCUT2D eigenvalue weighted by Gasteiger charge is 2.46. The van der Waals surface area contributed by atoms with Crippen LogP contribution in [0.3, 0.4) is 0 Å². The Bertz CT molecular complexity index is 1020. The Labute approximate surface area is 186 Å². The Balaban J connectivity index is 1.70. The first-order valence-corrected chi connectivity index (χ1v) is 10.0. The Morgan fingerprint density at radius 2 is 1.58 bits per heavy atom. The molecule has 2 aliphatic heterocycles. The summed E-state index contributed by atoms with van der Waals surface area (Å²) in [5.74, 6) is -2.46. The van der Waals surface area contributed by atoms with Crippen molar-refractivity contribution in [3.8, 4) is 34.5 Å². The summed E-state index contributed by atoms with van der Waals surface area (Å²) in [5.41, 5.74) is 0.337. The van der Waals surface area contributed by atoms with E-state index in [1.165, 1.54) is 18.2 Å². The predicted molar refractivity (Wildman–Crippen MR) is 107 cm³/mol. The number of aliphatic hydroxyl groups is 5. The SMILES string of the molecule is OC[C@H]1O[C@@H](Oc2c(O)cc(O)c3c2OC(c2ccc(O)c(O)c2)C(O)C3)[C@H](O)[C@@H](O)[C@H]1O. The Morgan fingerprint density at radius 1 is 0.848 bits per heavy atom. The van der Waals surface area contributed by atoms with Gasteiger partial charge in [-0.1, -0.05) is 6.07 Å². The Morgan fingerprint density at radius 3 is 2.24 bits per heavy atom. The van der Waals surface area contributed by atoms with E-state index in [4.69, 9.17) is 14.2 Å². The lowest BCUT2D eigenvalue weighted by atomic mass is 9.93. The molecular formula is C21H24O12. The molecule has 0 bridgehead atoms. The van der Waals surface area contributed by atoms with Crippen LogP contribution in [0.25, 0.3) is 0 Å². The normalized spacial score (nSPS) is 31.5. The number of hydrogen-bond donors (Lipinski definition) is 9. The van der Waals surface area contributed by atoms with Crippen molar-refractivity contribution in [2.24, 2.45) is 0 Å². The molecule has 0 aliphatic carbocycles. The maximum absolute atomic E-state index is 10.6. The van der Waals surface area contributed by atoms with E-state index in [1.54, 1.807) is 0 Å². The number of aliphatic hydroxyl groups excluding tert-OH is 5. The van der Waals surface area contributed by atoms with E-state index >= 15 is 0 Å². The van der Waals surface area contributed by atoms with Gasteiger partial charge < -0.3 is 60.2 Å². The second-order valence-corrected chi connectivity index (χ2v) is 7.92. The van der Waals surface area contributed by atoms with Crippen LogP contribution < -0.4 is 9.47 Å². The number of phenols is 4. The van der Waals surface area contributed by atoms with Crippen LogP contribution in [0.5, 0.6) is 34.5 Å². The van der Waals surface area contributed by atoms with Crippen LogP contribution in [0.1, 0.15) is 17.2 Å². The van der Waals surface area contributed by atoms with Crippen LogP contribution in [0.4, 0.5) is 0 Å². The van der Waals surface area contributed by atoms with E-state index in [9.17, 15) is 46.0 Å². The first-order valence-electron chi connectivity index (χ1n) is 10.0. The van der Waals surface area contributed by atoms with Crippen LogP contribution >= 0.6 is 0 Å². The molecule has 1 fully saturated rings. The van der Waals surface area contributed by atoms with Gasteiger partial charge in [-0.2, -0.15) is 0 Å². The van der Waals surface area contributed by atoms with Crippen LogP contribution in [0, 0.1) is 0 Å². The largest absolute Gasteiger partial charge is 0.507 e. The quantitative estimate of drug-likeness (QED) is 0.240. The summed E-state index contributed by atoms with van der Waals surface area (Å²) in [6.07, 6.45) is -10.5. The van der Waals surface area contributed by atoms with Gasteiger partial charge in [-0.3, -0.25) is 0 Å². The fraction of sp³-hybridized carbons (Fsp3) is 0.429. The van der Waals surface area contributed by atoms with Gasteiger partial charge in [0, 0.05) is 18.1 Å². The standard InChI is InChI=1S/C21H24O12/c22-6-14-15(28)16(29)17(30)21(31-14)33-20-13(27)5-10(24)8-4-12(26)18(32-19(8)20)7-1-2-9(23)11(25)3-7/h1-3,5,12,14-18,21-30H,4,6H2/t12?,14-,15+,16+,17-,18?,21+/m1/s1. The zero-order valence-electron chi connectivity index (χ0n) is 17.0.